The molecule has 1 aromatic heterocycles. The Balaban J connectivity index is 1.73. The normalized spacial score (nSPS) is 13.6. The van der Waals surface area contributed by atoms with E-state index in [0.29, 0.717) is 18.8 Å². The van der Waals surface area contributed by atoms with E-state index >= 15 is 0 Å². The first kappa shape index (κ1) is 16.1. The van der Waals surface area contributed by atoms with Crippen molar-refractivity contribution in [1.29, 1.82) is 0 Å². The topological polar surface area (TPSA) is 42.4 Å². The number of benzene rings is 2. The Morgan fingerprint density at radius 2 is 1.92 bits per heavy atom. The van der Waals surface area contributed by atoms with Gasteiger partial charge < -0.3 is 9.64 Å². The number of halogens is 1. The number of methoxy groups -OCH3 is 1. The molecule has 3 aromatic rings. The van der Waals surface area contributed by atoms with Crippen LogP contribution in [0.3, 0.4) is 0 Å². The summed E-state index contributed by atoms with van der Waals surface area (Å²) in [6.45, 7) is 1.34. The summed E-state index contributed by atoms with van der Waals surface area (Å²) in [6.07, 6.45) is 2.56. The maximum atomic E-state index is 13.1. The van der Waals surface area contributed by atoms with Crippen molar-refractivity contribution in [3.8, 4) is 5.75 Å². The van der Waals surface area contributed by atoms with E-state index in [9.17, 15) is 4.79 Å². The number of aromatic nitrogens is 1. The molecule has 4 nitrogen and oxygen atoms in total. The number of fused-ring (bicyclic) bond motifs is 2. The van der Waals surface area contributed by atoms with Crippen LogP contribution in [0.25, 0.3) is 10.8 Å². The zero-order valence-corrected chi connectivity index (χ0v) is 15.4. The second-order valence-electron chi connectivity index (χ2n) is 6.08. The van der Waals surface area contributed by atoms with E-state index in [1.165, 1.54) is 11.1 Å². The number of amides is 1. The Kier molecular flexibility index (Phi) is 4.17. The van der Waals surface area contributed by atoms with Gasteiger partial charge in [0.25, 0.3) is 5.91 Å². The fourth-order valence-electron chi connectivity index (χ4n) is 3.35. The summed E-state index contributed by atoms with van der Waals surface area (Å²) in [5.41, 5.74) is 3.02. The Hall–Kier alpha value is -2.40. The quantitative estimate of drug-likeness (QED) is 0.651. The smallest absolute Gasteiger partial charge is 0.273 e. The lowest BCUT2D eigenvalue weighted by Gasteiger charge is -2.29. The average molecular weight is 397 g/mol. The summed E-state index contributed by atoms with van der Waals surface area (Å²) >= 11 is 3.57. The summed E-state index contributed by atoms with van der Waals surface area (Å²) in [6, 6.07) is 13.9. The van der Waals surface area contributed by atoms with Gasteiger partial charge in [0.2, 0.25) is 0 Å². The zero-order chi connectivity index (χ0) is 17.4. The molecular weight excluding hydrogens is 380 g/mol. The van der Waals surface area contributed by atoms with Crippen LogP contribution in [0, 0.1) is 0 Å². The van der Waals surface area contributed by atoms with E-state index in [1.54, 1.807) is 13.3 Å². The van der Waals surface area contributed by atoms with Crippen molar-refractivity contribution in [3.05, 3.63) is 70.0 Å². The van der Waals surface area contributed by atoms with E-state index < -0.39 is 0 Å². The van der Waals surface area contributed by atoms with Crippen LogP contribution < -0.4 is 4.74 Å². The summed E-state index contributed by atoms with van der Waals surface area (Å²) < 4.78 is 6.19. The van der Waals surface area contributed by atoms with Crippen LogP contribution in [-0.2, 0) is 13.0 Å². The summed E-state index contributed by atoms with van der Waals surface area (Å²) in [7, 11) is 1.63. The lowest BCUT2D eigenvalue weighted by molar-refractivity contribution is 0.0731. The Bertz CT molecular complexity index is 971. The maximum Gasteiger partial charge on any atom is 0.273 e. The molecule has 0 saturated heterocycles. The minimum atomic E-state index is -0.0304. The predicted molar refractivity (Wildman–Crippen MR) is 101 cm³/mol. The summed E-state index contributed by atoms with van der Waals surface area (Å²) in [5, 5.41) is 1.76. The number of hydrogen-bond acceptors (Lipinski definition) is 3. The van der Waals surface area contributed by atoms with Gasteiger partial charge in [0.15, 0.2) is 0 Å². The molecule has 0 atom stereocenters. The van der Waals surface area contributed by atoms with Gasteiger partial charge >= 0.3 is 0 Å². The number of nitrogens with zero attached hydrogens (tertiary/aromatic N) is 2. The molecule has 5 heteroatoms. The van der Waals surface area contributed by atoms with Gasteiger partial charge in [0.05, 0.1) is 11.6 Å². The highest BCUT2D eigenvalue weighted by Crippen LogP contribution is 2.34. The molecule has 0 bridgehead atoms. The molecule has 1 aliphatic heterocycles. The molecule has 1 amide bonds. The molecule has 25 heavy (non-hydrogen) atoms. The van der Waals surface area contributed by atoms with Crippen molar-refractivity contribution >= 4 is 32.6 Å². The second kappa shape index (κ2) is 6.48. The molecule has 2 heterocycles. The Morgan fingerprint density at radius 1 is 1.12 bits per heavy atom. The molecule has 4 rings (SSSR count). The maximum absolute atomic E-state index is 13.1. The second-order valence-corrected chi connectivity index (χ2v) is 6.87. The first-order valence-corrected chi connectivity index (χ1v) is 8.95. The monoisotopic (exact) mass is 396 g/mol. The number of pyridine rings is 1. The van der Waals surface area contributed by atoms with Crippen molar-refractivity contribution in [2.45, 2.75) is 13.0 Å². The van der Waals surface area contributed by atoms with Crippen LogP contribution in [0.2, 0.25) is 0 Å². The van der Waals surface area contributed by atoms with Crippen LogP contribution in [0.1, 0.15) is 21.6 Å². The van der Waals surface area contributed by atoms with Crippen LogP contribution in [0.5, 0.6) is 5.75 Å². The first-order chi connectivity index (χ1) is 12.2. The highest BCUT2D eigenvalue weighted by atomic mass is 79.9. The van der Waals surface area contributed by atoms with Gasteiger partial charge in [-0.2, -0.15) is 0 Å². The average Bonchev–Trinajstić information content (AvgIpc) is 2.67. The predicted octanol–water partition coefficient (Wildman–Crippen LogP) is 4.20. The minimum Gasteiger partial charge on any atom is -0.496 e. The van der Waals surface area contributed by atoms with E-state index in [-0.39, 0.29) is 5.91 Å². The van der Waals surface area contributed by atoms with Gasteiger partial charge in [-0.1, -0.05) is 24.3 Å². The van der Waals surface area contributed by atoms with Crippen LogP contribution in [0.4, 0.5) is 0 Å². The minimum absolute atomic E-state index is 0.0304. The highest BCUT2D eigenvalue weighted by molar-refractivity contribution is 9.10. The van der Waals surface area contributed by atoms with Gasteiger partial charge in [-0.3, -0.25) is 9.78 Å². The summed E-state index contributed by atoms with van der Waals surface area (Å²) in [5.74, 6) is 0.709. The van der Waals surface area contributed by atoms with Gasteiger partial charge in [-0.25, -0.2) is 0 Å². The van der Waals surface area contributed by atoms with E-state index in [4.69, 9.17) is 4.74 Å². The standard InChI is InChI=1S/C20H17BrN2O2/c1-25-17-7-6-16-15(18(17)21)8-10-22-19(16)20(24)23-11-9-13-4-2-3-5-14(13)12-23/h2-8,10H,9,11-12H2,1H3. The lowest BCUT2D eigenvalue weighted by atomic mass is 9.99. The van der Waals surface area contributed by atoms with Crippen molar-refractivity contribution in [3.63, 3.8) is 0 Å². The number of carbonyl (C=O) groups is 1. The van der Waals surface area contributed by atoms with E-state index in [1.807, 2.05) is 35.2 Å². The Morgan fingerprint density at radius 3 is 2.72 bits per heavy atom. The number of hydrogen-bond donors (Lipinski definition) is 0. The highest BCUT2D eigenvalue weighted by Gasteiger charge is 2.24. The molecule has 1 aliphatic rings. The molecule has 0 N–H and O–H groups in total. The van der Waals surface area contributed by atoms with Crippen molar-refractivity contribution < 1.29 is 9.53 Å². The molecule has 0 spiro atoms. The van der Waals surface area contributed by atoms with Gasteiger partial charge in [0.1, 0.15) is 11.4 Å². The first-order valence-electron chi connectivity index (χ1n) is 8.16. The molecule has 126 valence electrons. The third-order valence-corrected chi connectivity index (χ3v) is 5.50. The van der Waals surface area contributed by atoms with Crippen molar-refractivity contribution in [2.75, 3.05) is 13.7 Å². The lowest BCUT2D eigenvalue weighted by Crippen LogP contribution is -2.36. The molecule has 0 fully saturated rings. The van der Waals surface area contributed by atoms with Crippen LogP contribution in [0.15, 0.2) is 53.1 Å². The largest absolute Gasteiger partial charge is 0.496 e. The third kappa shape index (κ3) is 2.78. The summed E-state index contributed by atoms with van der Waals surface area (Å²) in [4.78, 5) is 19.4. The number of rotatable bonds is 2. The van der Waals surface area contributed by atoms with Gasteiger partial charge in [-0.15, -0.1) is 0 Å². The third-order valence-electron chi connectivity index (χ3n) is 4.68. The number of ether oxygens (including phenoxy) is 1. The van der Waals surface area contributed by atoms with Crippen LogP contribution in [-0.4, -0.2) is 29.4 Å². The SMILES string of the molecule is COc1ccc2c(C(=O)N3CCc4ccccc4C3)nccc2c1Br. The molecule has 0 aliphatic carbocycles. The molecule has 0 saturated carbocycles. The van der Waals surface area contributed by atoms with Crippen molar-refractivity contribution in [1.82, 2.24) is 9.88 Å². The van der Waals surface area contributed by atoms with Crippen molar-refractivity contribution in [2.24, 2.45) is 0 Å². The van der Waals surface area contributed by atoms with Crippen LogP contribution >= 0.6 is 15.9 Å². The van der Waals surface area contributed by atoms with E-state index in [2.05, 4.69) is 33.0 Å². The van der Waals surface area contributed by atoms with Gasteiger partial charge in [-0.05, 0) is 51.7 Å². The fraction of sp³-hybridized carbons (Fsp3) is 0.200. The Labute approximate surface area is 154 Å². The molecule has 0 unspecified atom stereocenters. The number of carbonyl (C=O) groups excluding carboxylic acids is 1. The molecule has 0 radical (unpaired) electrons. The molecular formula is C20H17BrN2O2. The van der Waals surface area contributed by atoms with E-state index in [0.717, 1.165) is 27.4 Å². The van der Waals surface area contributed by atoms with Gasteiger partial charge in [0, 0.05) is 30.1 Å². The fourth-order valence-corrected chi connectivity index (χ4v) is 3.98. The zero-order valence-electron chi connectivity index (χ0n) is 13.8. The molecule has 2 aromatic carbocycles.